The Balaban J connectivity index is 3.10. The van der Waals surface area contributed by atoms with Crippen LogP contribution in [0.2, 0.25) is 0 Å². The lowest BCUT2D eigenvalue weighted by molar-refractivity contribution is 0.130. The lowest BCUT2D eigenvalue weighted by Crippen LogP contribution is -2.12. The molecule has 0 spiro atoms. The Morgan fingerprint density at radius 1 is 1.36 bits per heavy atom. The first-order valence-electron chi connectivity index (χ1n) is 4.44. The lowest BCUT2D eigenvalue weighted by Gasteiger charge is -2.13. The van der Waals surface area contributed by atoms with E-state index in [4.69, 9.17) is 0 Å². The lowest BCUT2D eigenvalue weighted by atomic mass is 10.0. The molecule has 1 N–H and O–H groups in total. The molecule has 0 aliphatic rings. The fourth-order valence-electron chi connectivity index (χ4n) is 0.893. The Labute approximate surface area is 74.6 Å². The minimum atomic E-state index is -0.137. The summed E-state index contributed by atoms with van der Waals surface area (Å²) in [5, 5.41) is 9.17. The van der Waals surface area contributed by atoms with Crippen LogP contribution in [0.1, 0.15) is 33.6 Å². The molecule has 0 rings (SSSR count). The topological polar surface area (TPSA) is 20.2 Å². The van der Waals surface area contributed by atoms with E-state index in [0.29, 0.717) is 5.92 Å². The molecule has 2 unspecified atom stereocenters. The predicted molar refractivity (Wildman–Crippen MR) is 53.1 cm³/mol. The summed E-state index contributed by atoms with van der Waals surface area (Å²) in [4.78, 5) is 0. The summed E-state index contributed by atoms with van der Waals surface area (Å²) in [6.45, 7) is 6.17. The molecule has 0 saturated heterocycles. The number of thioether (sulfide) groups is 1. The number of rotatable bonds is 6. The summed E-state index contributed by atoms with van der Waals surface area (Å²) in [6.07, 6.45) is 2.26. The van der Waals surface area contributed by atoms with Crippen molar-refractivity contribution in [1.29, 1.82) is 0 Å². The maximum Gasteiger partial charge on any atom is 0.0537 e. The molecule has 0 aliphatic heterocycles. The maximum absolute atomic E-state index is 9.17. The molecule has 0 radical (unpaired) electrons. The number of hydrogen-bond acceptors (Lipinski definition) is 2. The van der Waals surface area contributed by atoms with Gasteiger partial charge in [0.1, 0.15) is 0 Å². The predicted octanol–water partition coefficient (Wildman–Crippen LogP) is 2.54. The zero-order valence-corrected chi connectivity index (χ0v) is 8.66. The first-order chi connectivity index (χ1) is 5.18. The highest BCUT2D eigenvalue weighted by molar-refractivity contribution is 7.99. The molecule has 11 heavy (non-hydrogen) atoms. The molecule has 0 saturated carbocycles. The molecule has 0 aliphatic carbocycles. The fourth-order valence-corrected chi connectivity index (χ4v) is 1.55. The van der Waals surface area contributed by atoms with Crippen molar-refractivity contribution in [3.05, 3.63) is 0 Å². The Bertz CT molecular complexity index is 83.6. The third-order valence-corrected chi connectivity index (χ3v) is 2.96. The van der Waals surface area contributed by atoms with Gasteiger partial charge in [-0.3, -0.25) is 0 Å². The fraction of sp³-hybridized carbons (Fsp3) is 1.00. The zero-order valence-electron chi connectivity index (χ0n) is 7.84. The highest BCUT2D eigenvalue weighted by atomic mass is 32.2. The monoisotopic (exact) mass is 176 g/mol. The van der Waals surface area contributed by atoms with Gasteiger partial charge in [0.2, 0.25) is 0 Å². The molecule has 2 atom stereocenters. The minimum Gasteiger partial charge on any atom is -0.393 e. The van der Waals surface area contributed by atoms with Gasteiger partial charge >= 0.3 is 0 Å². The second-order valence-corrected chi connectivity index (χ2v) is 4.45. The van der Waals surface area contributed by atoms with Gasteiger partial charge in [-0.15, -0.1) is 0 Å². The highest BCUT2D eigenvalue weighted by Crippen LogP contribution is 2.12. The van der Waals surface area contributed by atoms with Crippen LogP contribution in [0.25, 0.3) is 0 Å². The number of hydrogen-bond donors (Lipinski definition) is 1. The van der Waals surface area contributed by atoms with Crippen molar-refractivity contribution in [2.75, 3.05) is 11.5 Å². The second kappa shape index (κ2) is 6.99. The van der Waals surface area contributed by atoms with Crippen molar-refractivity contribution in [2.45, 2.75) is 39.7 Å². The van der Waals surface area contributed by atoms with Crippen molar-refractivity contribution < 1.29 is 5.11 Å². The van der Waals surface area contributed by atoms with Crippen molar-refractivity contribution in [2.24, 2.45) is 5.92 Å². The number of aliphatic hydroxyl groups is 1. The van der Waals surface area contributed by atoms with Crippen LogP contribution in [0.15, 0.2) is 0 Å². The molecule has 0 heterocycles. The van der Waals surface area contributed by atoms with Crippen LogP contribution in [0.3, 0.4) is 0 Å². The smallest absolute Gasteiger partial charge is 0.0537 e. The highest BCUT2D eigenvalue weighted by Gasteiger charge is 2.06. The van der Waals surface area contributed by atoms with E-state index in [0.717, 1.165) is 6.42 Å². The Kier molecular flexibility index (Phi) is 7.18. The van der Waals surface area contributed by atoms with Gasteiger partial charge in [0, 0.05) is 0 Å². The minimum absolute atomic E-state index is 0.137. The number of aliphatic hydroxyl groups excluding tert-OH is 1. The Hall–Kier alpha value is 0.310. The summed E-state index contributed by atoms with van der Waals surface area (Å²) in [5.74, 6) is 2.92. The standard InChI is InChI=1S/C9H20OS/c1-4-11-7-5-6-8(2)9(3)10/h8-10H,4-7H2,1-3H3. The molecule has 0 aromatic heterocycles. The van der Waals surface area contributed by atoms with Gasteiger partial charge in [0.05, 0.1) is 6.10 Å². The van der Waals surface area contributed by atoms with E-state index in [-0.39, 0.29) is 6.10 Å². The van der Waals surface area contributed by atoms with Crippen LogP contribution in [0.5, 0.6) is 0 Å². The van der Waals surface area contributed by atoms with Gasteiger partial charge in [-0.1, -0.05) is 13.8 Å². The summed E-state index contributed by atoms with van der Waals surface area (Å²) in [5.41, 5.74) is 0. The molecular formula is C9H20OS. The first kappa shape index (κ1) is 11.3. The normalized spacial score (nSPS) is 16.4. The van der Waals surface area contributed by atoms with Crippen LogP contribution in [0.4, 0.5) is 0 Å². The third kappa shape index (κ3) is 6.70. The van der Waals surface area contributed by atoms with E-state index in [1.54, 1.807) is 0 Å². The SMILES string of the molecule is CCSCCCC(C)C(C)O. The zero-order chi connectivity index (χ0) is 8.69. The Morgan fingerprint density at radius 3 is 2.45 bits per heavy atom. The van der Waals surface area contributed by atoms with E-state index < -0.39 is 0 Å². The molecule has 68 valence electrons. The van der Waals surface area contributed by atoms with Crippen LogP contribution < -0.4 is 0 Å². The third-order valence-electron chi connectivity index (χ3n) is 1.98. The maximum atomic E-state index is 9.17. The van der Waals surface area contributed by atoms with Gasteiger partial charge in [-0.25, -0.2) is 0 Å². The van der Waals surface area contributed by atoms with Crippen LogP contribution >= 0.6 is 11.8 Å². The average molecular weight is 176 g/mol. The summed E-state index contributed by atoms with van der Waals surface area (Å²) in [6, 6.07) is 0. The molecule has 1 nitrogen and oxygen atoms in total. The Morgan fingerprint density at radius 2 is 2.00 bits per heavy atom. The summed E-state index contributed by atoms with van der Waals surface area (Å²) in [7, 11) is 0. The van der Waals surface area contributed by atoms with E-state index in [1.165, 1.54) is 17.9 Å². The molecule has 0 aromatic carbocycles. The van der Waals surface area contributed by atoms with Gasteiger partial charge in [0.25, 0.3) is 0 Å². The molecule has 0 fully saturated rings. The van der Waals surface area contributed by atoms with Crippen LogP contribution in [-0.2, 0) is 0 Å². The van der Waals surface area contributed by atoms with Crippen molar-refractivity contribution in [3.8, 4) is 0 Å². The summed E-state index contributed by atoms with van der Waals surface area (Å²) < 4.78 is 0. The van der Waals surface area contributed by atoms with Gasteiger partial charge in [-0.2, -0.15) is 11.8 Å². The van der Waals surface area contributed by atoms with Gasteiger partial charge < -0.3 is 5.11 Å². The van der Waals surface area contributed by atoms with Crippen molar-refractivity contribution >= 4 is 11.8 Å². The van der Waals surface area contributed by atoms with Crippen LogP contribution in [0, 0.1) is 5.92 Å². The van der Waals surface area contributed by atoms with E-state index in [2.05, 4.69) is 13.8 Å². The van der Waals surface area contributed by atoms with Crippen molar-refractivity contribution in [1.82, 2.24) is 0 Å². The van der Waals surface area contributed by atoms with E-state index in [1.807, 2.05) is 18.7 Å². The molecule has 0 amide bonds. The van der Waals surface area contributed by atoms with Crippen LogP contribution in [-0.4, -0.2) is 22.7 Å². The first-order valence-corrected chi connectivity index (χ1v) is 5.59. The van der Waals surface area contributed by atoms with Gasteiger partial charge in [0.15, 0.2) is 0 Å². The largest absolute Gasteiger partial charge is 0.393 e. The van der Waals surface area contributed by atoms with Gasteiger partial charge in [-0.05, 0) is 37.2 Å². The summed E-state index contributed by atoms with van der Waals surface area (Å²) >= 11 is 1.98. The second-order valence-electron chi connectivity index (χ2n) is 3.06. The molecular weight excluding hydrogens is 156 g/mol. The van der Waals surface area contributed by atoms with E-state index >= 15 is 0 Å². The quantitative estimate of drug-likeness (QED) is 0.628. The van der Waals surface area contributed by atoms with E-state index in [9.17, 15) is 5.11 Å². The molecule has 2 heteroatoms. The van der Waals surface area contributed by atoms with Crippen molar-refractivity contribution in [3.63, 3.8) is 0 Å². The molecule has 0 aromatic rings. The average Bonchev–Trinajstić information content (AvgIpc) is 1.97. The molecule has 0 bridgehead atoms.